The molecule has 0 spiro atoms. The van der Waals surface area contributed by atoms with Crippen LogP contribution in [0.4, 0.5) is 4.39 Å². The average Bonchev–Trinajstić information content (AvgIpc) is 2.74. The van der Waals surface area contributed by atoms with Gasteiger partial charge in [-0.25, -0.2) is 12.8 Å². The number of halogens is 1. The minimum atomic E-state index is -3.90. The van der Waals surface area contributed by atoms with Crippen LogP contribution in [-0.2, 0) is 21.4 Å². The van der Waals surface area contributed by atoms with Gasteiger partial charge in [-0.2, -0.15) is 4.31 Å². The molecule has 0 aromatic heterocycles. The molecule has 3 rings (SSSR count). The molecule has 1 aliphatic rings. The van der Waals surface area contributed by atoms with E-state index in [1.165, 1.54) is 22.5 Å². The highest BCUT2D eigenvalue weighted by Crippen LogP contribution is 2.26. The van der Waals surface area contributed by atoms with Gasteiger partial charge in [0.15, 0.2) is 0 Å². The molecule has 29 heavy (non-hydrogen) atoms. The van der Waals surface area contributed by atoms with Crippen molar-refractivity contribution in [3.63, 3.8) is 0 Å². The number of nitrogens with zero attached hydrogens (tertiary/aromatic N) is 2. The molecule has 0 N–H and O–H groups in total. The SMILES string of the molecule is COc1ccc(CN(C)C(=O)C2CCN(S(=O)(=O)c3ccccc3F)CC2)cc1. The van der Waals surface area contributed by atoms with Gasteiger partial charge in [-0.15, -0.1) is 0 Å². The Hall–Kier alpha value is -2.45. The number of carbonyl (C=O) groups is 1. The second-order valence-electron chi connectivity index (χ2n) is 7.15. The van der Waals surface area contributed by atoms with Gasteiger partial charge >= 0.3 is 0 Å². The molecule has 6 nitrogen and oxygen atoms in total. The van der Waals surface area contributed by atoms with E-state index in [0.29, 0.717) is 19.4 Å². The van der Waals surface area contributed by atoms with E-state index in [0.717, 1.165) is 17.4 Å². The lowest BCUT2D eigenvalue weighted by Crippen LogP contribution is -2.43. The van der Waals surface area contributed by atoms with Crippen LogP contribution in [0, 0.1) is 11.7 Å². The number of methoxy groups -OCH3 is 1. The first-order valence-corrected chi connectivity index (χ1v) is 10.9. The molecule has 0 bridgehead atoms. The maximum absolute atomic E-state index is 13.9. The van der Waals surface area contributed by atoms with Crippen LogP contribution in [0.15, 0.2) is 53.4 Å². The molecule has 156 valence electrons. The maximum atomic E-state index is 13.9. The zero-order valence-corrected chi connectivity index (χ0v) is 17.4. The summed E-state index contributed by atoms with van der Waals surface area (Å²) in [5.74, 6) is -0.259. The topological polar surface area (TPSA) is 66.9 Å². The Balaban J connectivity index is 1.59. The van der Waals surface area contributed by atoms with E-state index < -0.39 is 15.8 Å². The number of sulfonamides is 1. The Morgan fingerprint density at radius 1 is 1.14 bits per heavy atom. The standard InChI is InChI=1S/C21H25FN2O4S/c1-23(15-16-7-9-18(28-2)10-8-16)21(25)17-11-13-24(14-12-17)29(26,27)20-6-4-3-5-19(20)22/h3-10,17H,11-15H2,1-2H3. The summed E-state index contributed by atoms with van der Waals surface area (Å²) in [7, 11) is -0.550. The van der Waals surface area contributed by atoms with Crippen LogP contribution in [0.2, 0.25) is 0 Å². The predicted molar refractivity (Wildman–Crippen MR) is 107 cm³/mol. The highest BCUT2D eigenvalue weighted by molar-refractivity contribution is 7.89. The fourth-order valence-corrected chi connectivity index (χ4v) is 5.07. The molecule has 1 aliphatic heterocycles. The maximum Gasteiger partial charge on any atom is 0.245 e. The van der Waals surface area contributed by atoms with Crippen LogP contribution in [0.3, 0.4) is 0 Å². The van der Waals surface area contributed by atoms with E-state index in [-0.39, 0.29) is 29.8 Å². The van der Waals surface area contributed by atoms with Crippen LogP contribution in [0.25, 0.3) is 0 Å². The fraction of sp³-hybridized carbons (Fsp3) is 0.381. The molecule has 0 aliphatic carbocycles. The smallest absolute Gasteiger partial charge is 0.245 e. The number of amides is 1. The molecule has 0 saturated carbocycles. The van der Waals surface area contributed by atoms with Crippen LogP contribution in [-0.4, -0.2) is 50.8 Å². The Kier molecular flexibility index (Phi) is 6.54. The molecule has 0 atom stereocenters. The second-order valence-corrected chi connectivity index (χ2v) is 9.06. The van der Waals surface area contributed by atoms with Gasteiger partial charge in [0.05, 0.1) is 7.11 Å². The van der Waals surface area contributed by atoms with Crippen LogP contribution >= 0.6 is 0 Å². The van der Waals surface area contributed by atoms with E-state index in [4.69, 9.17) is 4.74 Å². The largest absolute Gasteiger partial charge is 0.497 e. The van der Waals surface area contributed by atoms with Gasteiger partial charge in [0.2, 0.25) is 15.9 Å². The number of rotatable bonds is 6. The van der Waals surface area contributed by atoms with E-state index >= 15 is 0 Å². The van der Waals surface area contributed by atoms with Crippen molar-refractivity contribution in [1.29, 1.82) is 0 Å². The Bertz CT molecular complexity index is 955. The summed E-state index contributed by atoms with van der Waals surface area (Å²) < 4.78 is 45.7. The molecule has 0 unspecified atom stereocenters. The summed E-state index contributed by atoms with van der Waals surface area (Å²) in [4.78, 5) is 14.1. The van der Waals surface area contributed by atoms with E-state index in [1.807, 2.05) is 24.3 Å². The number of ether oxygens (including phenoxy) is 1. The Labute approximate surface area is 170 Å². The molecule has 1 fully saturated rings. The monoisotopic (exact) mass is 420 g/mol. The molecule has 8 heteroatoms. The quantitative estimate of drug-likeness (QED) is 0.721. The minimum absolute atomic E-state index is 0.0104. The van der Waals surface area contributed by atoms with Crippen molar-refractivity contribution in [2.24, 2.45) is 5.92 Å². The average molecular weight is 421 g/mol. The van der Waals surface area contributed by atoms with Crippen LogP contribution in [0.5, 0.6) is 5.75 Å². The number of hydrogen-bond acceptors (Lipinski definition) is 4. The first-order chi connectivity index (χ1) is 13.8. The van der Waals surface area contributed by atoms with Gasteiger partial charge in [-0.3, -0.25) is 4.79 Å². The van der Waals surface area contributed by atoms with Gasteiger partial charge in [-0.05, 0) is 42.7 Å². The summed E-state index contributed by atoms with van der Waals surface area (Å²) in [6.07, 6.45) is 0.832. The summed E-state index contributed by atoms with van der Waals surface area (Å²) in [5.41, 5.74) is 0.987. The lowest BCUT2D eigenvalue weighted by atomic mass is 9.96. The lowest BCUT2D eigenvalue weighted by molar-refractivity contribution is -0.135. The number of piperidine rings is 1. The summed E-state index contributed by atoms with van der Waals surface area (Å²) in [6.45, 7) is 0.865. The molecule has 1 amide bonds. The van der Waals surface area contributed by atoms with Crippen molar-refractivity contribution >= 4 is 15.9 Å². The van der Waals surface area contributed by atoms with Gasteiger partial charge in [0.1, 0.15) is 16.5 Å². The number of carbonyl (C=O) groups excluding carboxylic acids is 1. The third kappa shape index (κ3) is 4.76. The third-order valence-electron chi connectivity index (χ3n) is 5.21. The van der Waals surface area contributed by atoms with Crippen molar-refractivity contribution in [2.75, 3.05) is 27.2 Å². The number of hydrogen-bond donors (Lipinski definition) is 0. The highest BCUT2D eigenvalue weighted by atomic mass is 32.2. The Morgan fingerprint density at radius 2 is 1.76 bits per heavy atom. The first-order valence-electron chi connectivity index (χ1n) is 9.45. The zero-order chi connectivity index (χ0) is 21.0. The predicted octanol–water partition coefficient (Wildman–Crippen LogP) is 2.89. The van der Waals surface area contributed by atoms with Crippen LogP contribution < -0.4 is 4.74 Å². The molecule has 1 saturated heterocycles. The summed E-state index contributed by atoms with van der Waals surface area (Å²) >= 11 is 0. The molecule has 2 aromatic rings. The van der Waals surface area contributed by atoms with Gasteiger partial charge < -0.3 is 9.64 Å². The van der Waals surface area contributed by atoms with Crippen molar-refractivity contribution in [2.45, 2.75) is 24.3 Å². The minimum Gasteiger partial charge on any atom is -0.497 e. The third-order valence-corrected chi connectivity index (χ3v) is 7.14. The van der Waals surface area contributed by atoms with Gasteiger partial charge in [0.25, 0.3) is 0 Å². The highest BCUT2D eigenvalue weighted by Gasteiger charge is 2.34. The summed E-state index contributed by atoms with van der Waals surface area (Å²) in [5, 5.41) is 0. The zero-order valence-electron chi connectivity index (χ0n) is 16.5. The van der Waals surface area contributed by atoms with Crippen molar-refractivity contribution in [3.05, 3.63) is 59.9 Å². The molecule has 2 aromatic carbocycles. The van der Waals surface area contributed by atoms with Crippen LogP contribution in [0.1, 0.15) is 18.4 Å². The summed E-state index contributed by atoms with van der Waals surface area (Å²) in [6, 6.07) is 12.9. The van der Waals surface area contributed by atoms with Gasteiger partial charge in [0, 0.05) is 32.6 Å². The molecule has 1 heterocycles. The second kappa shape index (κ2) is 8.92. The number of benzene rings is 2. The molecule has 0 radical (unpaired) electrons. The first kappa shape index (κ1) is 21.3. The molecular formula is C21H25FN2O4S. The lowest BCUT2D eigenvalue weighted by Gasteiger charge is -2.32. The van der Waals surface area contributed by atoms with Gasteiger partial charge in [-0.1, -0.05) is 24.3 Å². The van der Waals surface area contributed by atoms with Crippen molar-refractivity contribution in [3.8, 4) is 5.75 Å². The van der Waals surface area contributed by atoms with Crippen molar-refractivity contribution in [1.82, 2.24) is 9.21 Å². The Morgan fingerprint density at radius 3 is 2.34 bits per heavy atom. The normalized spacial score (nSPS) is 15.8. The van der Waals surface area contributed by atoms with Crippen molar-refractivity contribution < 1.29 is 22.3 Å². The fourth-order valence-electron chi connectivity index (χ4n) is 3.53. The molecular weight excluding hydrogens is 395 g/mol. The van der Waals surface area contributed by atoms with E-state index in [9.17, 15) is 17.6 Å². The van der Waals surface area contributed by atoms with E-state index in [2.05, 4.69) is 0 Å². The van der Waals surface area contributed by atoms with E-state index in [1.54, 1.807) is 19.1 Å².